The molecule has 1 fully saturated rings. The van der Waals surface area contributed by atoms with Gasteiger partial charge in [0, 0.05) is 42.0 Å². The number of hydrogen-bond donors (Lipinski definition) is 1. The second-order valence-corrected chi connectivity index (χ2v) is 8.49. The number of nitrogens with one attached hydrogen (secondary N) is 1. The third-order valence-corrected chi connectivity index (χ3v) is 5.61. The van der Waals surface area contributed by atoms with E-state index in [1.807, 2.05) is 36.0 Å². The number of alkyl halides is 1. The van der Waals surface area contributed by atoms with Crippen molar-refractivity contribution >= 4 is 5.91 Å². The number of aryl methyl sites for hydroxylation is 1. The number of likely N-dealkylation sites (tertiary alicyclic amines) is 1. The van der Waals surface area contributed by atoms with Crippen LogP contribution in [-0.4, -0.2) is 54.5 Å². The number of hydrogen-bond acceptors (Lipinski definition) is 4. The first-order valence-corrected chi connectivity index (χ1v) is 10.3. The normalized spacial score (nSPS) is 16.3. The minimum Gasteiger partial charge on any atom is -0.338 e. The van der Waals surface area contributed by atoms with Gasteiger partial charge in [-0.2, -0.15) is 10.2 Å². The van der Waals surface area contributed by atoms with E-state index in [4.69, 9.17) is 0 Å². The lowest BCUT2D eigenvalue weighted by atomic mass is 9.94. The van der Waals surface area contributed by atoms with E-state index >= 15 is 0 Å². The highest BCUT2D eigenvalue weighted by atomic mass is 19.1. The highest BCUT2D eigenvalue weighted by molar-refractivity contribution is 6.01. The highest BCUT2D eigenvalue weighted by Crippen LogP contribution is 2.31. The monoisotopic (exact) mass is 410 g/mol. The Morgan fingerprint density at radius 2 is 1.97 bits per heavy atom. The number of carbonyl (C=O) groups is 1. The van der Waals surface area contributed by atoms with Gasteiger partial charge in [0.1, 0.15) is 11.5 Å². The number of amides is 1. The number of rotatable bonds is 4. The van der Waals surface area contributed by atoms with Crippen molar-refractivity contribution in [1.82, 2.24) is 29.9 Å². The average Bonchev–Trinajstić information content (AvgIpc) is 3.36. The predicted molar refractivity (Wildman–Crippen MR) is 113 cm³/mol. The minimum atomic E-state index is -1.21. The minimum absolute atomic E-state index is 0.0997. The summed E-state index contributed by atoms with van der Waals surface area (Å²) in [5.74, 6) is 1.19. The van der Waals surface area contributed by atoms with Crippen molar-refractivity contribution in [3.05, 3.63) is 41.9 Å². The molecule has 3 aromatic rings. The molecule has 2 aromatic heterocycles. The van der Waals surface area contributed by atoms with Crippen molar-refractivity contribution in [1.29, 1.82) is 0 Å². The van der Waals surface area contributed by atoms with Gasteiger partial charge in [0.2, 0.25) is 0 Å². The van der Waals surface area contributed by atoms with Crippen molar-refractivity contribution in [3.63, 3.8) is 0 Å². The molecule has 0 bridgehead atoms. The number of halogens is 1. The Morgan fingerprint density at radius 3 is 2.57 bits per heavy atom. The summed E-state index contributed by atoms with van der Waals surface area (Å²) in [6.07, 6.45) is 2.61. The summed E-state index contributed by atoms with van der Waals surface area (Å²) in [7, 11) is 0. The molecular formula is C22H27FN6O. The molecule has 7 nitrogen and oxygen atoms in total. The van der Waals surface area contributed by atoms with Gasteiger partial charge >= 0.3 is 0 Å². The predicted octanol–water partition coefficient (Wildman–Crippen LogP) is 4.19. The summed E-state index contributed by atoms with van der Waals surface area (Å²) in [4.78, 5) is 19.5. The van der Waals surface area contributed by atoms with Gasteiger partial charge in [0.15, 0.2) is 5.82 Å². The largest absolute Gasteiger partial charge is 0.338 e. The molecule has 0 unspecified atom stereocenters. The Morgan fingerprint density at radius 1 is 1.23 bits per heavy atom. The lowest BCUT2D eigenvalue weighted by molar-refractivity contribution is 0.0504. The maximum Gasteiger partial charge on any atom is 0.254 e. The fourth-order valence-electron chi connectivity index (χ4n) is 3.67. The molecule has 4 rings (SSSR count). The second-order valence-electron chi connectivity index (χ2n) is 8.49. The molecule has 30 heavy (non-hydrogen) atoms. The molecule has 0 radical (unpaired) electrons. The lowest BCUT2D eigenvalue weighted by Gasteiger charge is -2.34. The van der Waals surface area contributed by atoms with E-state index < -0.39 is 5.67 Å². The molecule has 0 atom stereocenters. The van der Waals surface area contributed by atoms with Gasteiger partial charge in [-0.15, -0.1) is 0 Å². The second kappa shape index (κ2) is 7.66. The molecule has 0 aliphatic carbocycles. The van der Waals surface area contributed by atoms with E-state index in [0.29, 0.717) is 43.0 Å². The Hall–Kier alpha value is -3.03. The first-order chi connectivity index (χ1) is 14.2. The molecule has 1 aliphatic heterocycles. The van der Waals surface area contributed by atoms with Gasteiger partial charge in [-0.1, -0.05) is 6.07 Å². The van der Waals surface area contributed by atoms with E-state index in [0.717, 1.165) is 17.0 Å². The van der Waals surface area contributed by atoms with E-state index in [-0.39, 0.29) is 11.9 Å². The molecule has 0 saturated carbocycles. The van der Waals surface area contributed by atoms with Crippen molar-refractivity contribution < 1.29 is 9.18 Å². The highest BCUT2D eigenvalue weighted by Gasteiger charge is 2.32. The maximum absolute atomic E-state index is 14.2. The summed E-state index contributed by atoms with van der Waals surface area (Å²) in [5.41, 5.74) is 1.60. The number of aromatic nitrogens is 5. The summed E-state index contributed by atoms with van der Waals surface area (Å²) in [6.45, 7) is 8.37. The number of H-pyrrole nitrogens is 1. The van der Waals surface area contributed by atoms with Crippen LogP contribution in [-0.2, 0) is 0 Å². The van der Waals surface area contributed by atoms with Crippen LogP contribution >= 0.6 is 0 Å². The molecule has 1 aliphatic rings. The van der Waals surface area contributed by atoms with Gasteiger partial charge in [-0.3, -0.25) is 14.6 Å². The summed E-state index contributed by atoms with van der Waals surface area (Å²) < 4.78 is 16.1. The first kappa shape index (κ1) is 20.3. The Balaban J connectivity index is 1.74. The third kappa shape index (κ3) is 3.99. The summed E-state index contributed by atoms with van der Waals surface area (Å²) in [6, 6.07) is 7.68. The van der Waals surface area contributed by atoms with Gasteiger partial charge in [-0.25, -0.2) is 9.37 Å². The smallest absolute Gasteiger partial charge is 0.254 e. The zero-order valence-electron chi connectivity index (χ0n) is 17.8. The molecule has 158 valence electrons. The number of carbonyl (C=O) groups excluding carboxylic acids is 1. The Kier molecular flexibility index (Phi) is 5.17. The Bertz CT molecular complexity index is 1060. The summed E-state index contributed by atoms with van der Waals surface area (Å²) >= 11 is 0. The first-order valence-electron chi connectivity index (χ1n) is 10.3. The molecule has 0 spiro atoms. The van der Waals surface area contributed by atoms with Crippen LogP contribution in [0.4, 0.5) is 4.39 Å². The molecule has 1 N–H and O–H groups in total. The van der Waals surface area contributed by atoms with Crippen LogP contribution in [0.25, 0.3) is 22.6 Å². The molecule has 1 saturated heterocycles. The van der Waals surface area contributed by atoms with Crippen LogP contribution in [0, 0.1) is 6.92 Å². The quantitative estimate of drug-likeness (QED) is 0.699. The lowest BCUT2D eigenvalue weighted by Crippen LogP contribution is -2.43. The Labute approximate surface area is 175 Å². The van der Waals surface area contributed by atoms with Crippen LogP contribution in [0.5, 0.6) is 0 Å². The van der Waals surface area contributed by atoms with Crippen molar-refractivity contribution in [2.24, 2.45) is 0 Å². The van der Waals surface area contributed by atoms with Crippen molar-refractivity contribution in [3.8, 4) is 22.6 Å². The molecular weight excluding hydrogens is 383 g/mol. The van der Waals surface area contributed by atoms with Crippen LogP contribution in [0.1, 0.15) is 55.8 Å². The van der Waals surface area contributed by atoms with Gasteiger partial charge < -0.3 is 4.90 Å². The van der Waals surface area contributed by atoms with Crippen LogP contribution in [0.2, 0.25) is 0 Å². The van der Waals surface area contributed by atoms with E-state index in [9.17, 15) is 9.18 Å². The fourth-order valence-corrected chi connectivity index (χ4v) is 3.67. The maximum atomic E-state index is 14.2. The average molecular weight is 410 g/mol. The number of aromatic amines is 1. The number of nitrogens with zero attached hydrogens (tertiary/aromatic N) is 5. The van der Waals surface area contributed by atoms with Crippen LogP contribution in [0.3, 0.4) is 0 Å². The van der Waals surface area contributed by atoms with E-state index in [1.165, 1.54) is 0 Å². The molecule has 3 heterocycles. The van der Waals surface area contributed by atoms with Gasteiger partial charge in [0.25, 0.3) is 5.91 Å². The summed E-state index contributed by atoms with van der Waals surface area (Å²) in [5, 5.41) is 11.8. The number of benzene rings is 1. The standard InChI is InChI=1S/C22H27FN6O/c1-14(2)29-10-7-19(27-29)18-13-16(20-24-15(3)25-26-20)5-6-17(18)21(30)28-11-8-22(4,23)9-12-28/h5-7,10,13-14H,8-9,11-12H2,1-4H3,(H,24,25,26). The SMILES string of the molecule is Cc1nc(-c2ccc(C(=O)N3CCC(C)(F)CC3)c(-c3ccn(C(C)C)n3)c2)n[nH]1. The van der Waals surface area contributed by atoms with Gasteiger partial charge in [0.05, 0.1) is 5.69 Å². The number of piperidine rings is 1. The van der Waals surface area contributed by atoms with E-state index in [1.54, 1.807) is 17.9 Å². The molecule has 1 amide bonds. The fraction of sp³-hybridized carbons (Fsp3) is 0.455. The van der Waals surface area contributed by atoms with Crippen molar-refractivity contribution in [2.75, 3.05) is 13.1 Å². The topological polar surface area (TPSA) is 79.7 Å². The van der Waals surface area contributed by atoms with Crippen molar-refractivity contribution in [2.45, 2.75) is 52.2 Å². The van der Waals surface area contributed by atoms with Crippen LogP contribution in [0.15, 0.2) is 30.5 Å². The molecule has 1 aromatic carbocycles. The van der Waals surface area contributed by atoms with E-state index in [2.05, 4.69) is 34.1 Å². The third-order valence-electron chi connectivity index (χ3n) is 5.61. The zero-order chi connectivity index (χ0) is 21.5. The zero-order valence-corrected chi connectivity index (χ0v) is 17.8. The molecule has 8 heteroatoms. The van der Waals surface area contributed by atoms with Crippen LogP contribution < -0.4 is 0 Å². The van der Waals surface area contributed by atoms with Gasteiger partial charge in [-0.05, 0) is 58.7 Å².